The third-order valence-electron chi connectivity index (χ3n) is 3.01. The lowest BCUT2D eigenvalue weighted by Gasteiger charge is -2.16. The molecule has 0 saturated carbocycles. The van der Waals surface area contributed by atoms with Gasteiger partial charge in [-0.05, 0) is 0 Å². The largest absolute Gasteiger partial charge is 0.283 e. The van der Waals surface area contributed by atoms with Crippen molar-refractivity contribution in [1.29, 1.82) is 0 Å². The van der Waals surface area contributed by atoms with Crippen molar-refractivity contribution in [2.24, 2.45) is 26.1 Å². The summed E-state index contributed by atoms with van der Waals surface area (Å²) < 4.78 is 0. The molecule has 4 heteroatoms. The van der Waals surface area contributed by atoms with E-state index in [4.69, 9.17) is 0 Å². The lowest BCUT2D eigenvalue weighted by Crippen LogP contribution is -2.18. The molecule has 0 unspecified atom stereocenters. The highest BCUT2D eigenvalue weighted by atomic mass is 15.3. The molecule has 0 fully saturated rings. The zero-order valence-electron chi connectivity index (χ0n) is 13.0. The summed E-state index contributed by atoms with van der Waals surface area (Å²) in [5.41, 5.74) is 6.64. The van der Waals surface area contributed by atoms with E-state index < -0.39 is 0 Å². The Morgan fingerprint density at radius 3 is 1.80 bits per heavy atom. The highest BCUT2D eigenvalue weighted by Gasteiger charge is 2.23. The van der Waals surface area contributed by atoms with Crippen LogP contribution in [0.15, 0.2) is 27.6 Å². The summed E-state index contributed by atoms with van der Waals surface area (Å²) in [5, 5.41) is 11.9. The first-order valence-corrected chi connectivity index (χ1v) is 6.70. The molecular weight excluding hydrogens is 248 g/mol. The maximum Gasteiger partial charge on any atom is 0.0512 e. The van der Waals surface area contributed by atoms with Crippen molar-refractivity contribution < 1.29 is 0 Å². The molecule has 4 nitrogen and oxygen atoms in total. The van der Waals surface area contributed by atoms with E-state index in [1.165, 1.54) is 11.4 Å². The molecule has 2 aliphatic rings. The first kappa shape index (κ1) is 18.6. The van der Waals surface area contributed by atoms with Crippen LogP contribution < -0.4 is 5.43 Å². The number of hydrogen-bond donors (Lipinski definition) is 1. The SMILES string of the molecule is C.C=C1CC(C(C)(C)C)=NN1.CC(C)(C)C1=NN=CC1. The second-order valence-corrected chi connectivity index (χ2v) is 7.00. The summed E-state index contributed by atoms with van der Waals surface area (Å²) >= 11 is 0. The molecule has 0 atom stereocenters. The van der Waals surface area contributed by atoms with Crippen LogP contribution in [0.25, 0.3) is 0 Å². The molecule has 0 radical (unpaired) electrons. The predicted molar refractivity (Wildman–Crippen MR) is 90.5 cm³/mol. The van der Waals surface area contributed by atoms with E-state index in [1.54, 1.807) is 0 Å². The number of nitrogens with one attached hydrogen (secondary N) is 1. The van der Waals surface area contributed by atoms with Crippen LogP contribution in [0.4, 0.5) is 0 Å². The predicted octanol–water partition coefficient (Wildman–Crippen LogP) is 4.39. The maximum absolute atomic E-state index is 4.16. The molecule has 0 bridgehead atoms. The van der Waals surface area contributed by atoms with Gasteiger partial charge in [0.1, 0.15) is 0 Å². The number of nitrogens with zero attached hydrogens (tertiary/aromatic N) is 3. The molecule has 0 aromatic carbocycles. The van der Waals surface area contributed by atoms with Crippen molar-refractivity contribution >= 4 is 17.6 Å². The molecule has 2 rings (SSSR count). The van der Waals surface area contributed by atoms with E-state index in [-0.39, 0.29) is 18.3 Å². The Morgan fingerprint density at radius 2 is 1.60 bits per heavy atom. The summed E-state index contributed by atoms with van der Waals surface area (Å²) in [6.07, 6.45) is 3.69. The third-order valence-corrected chi connectivity index (χ3v) is 3.01. The molecule has 20 heavy (non-hydrogen) atoms. The summed E-state index contributed by atoms with van der Waals surface area (Å²) in [6.45, 7) is 16.7. The molecule has 2 heterocycles. The monoisotopic (exact) mass is 278 g/mol. The van der Waals surface area contributed by atoms with E-state index in [9.17, 15) is 0 Å². The van der Waals surface area contributed by atoms with E-state index in [0.29, 0.717) is 0 Å². The lowest BCUT2D eigenvalue weighted by molar-refractivity contribution is 0.584. The summed E-state index contributed by atoms with van der Waals surface area (Å²) in [6, 6.07) is 0. The van der Waals surface area contributed by atoms with Crippen LogP contribution in [0.1, 0.15) is 61.8 Å². The number of hydrogen-bond acceptors (Lipinski definition) is 4. The van der Waals surface area contributed by atoms with E-state index in [2.05, 4.69) is 68.9 Å². The fraction of sp³-hybridized carbons (Fsp3) is 0.688. The second-order valence-electron chi connectivity index (χ2n) is 7.00. The van der Waals surface area contributed by atoms with E-state index >= 15 is 0 Å². The van der Waals surface area contributed by atoms with Crippen LogP contribution in [0.2, 0.25) is 0 Å². The molecule has 0 aromatic heterocycles. The van der Waals surface area contributed by atoms with Crippen molar-refractivity contribution in [3.05, 3.63) is 12.3 Å². The molecule has 2 aliphatic heterocycles. The van der Waals surface area contributed by atoms with E-state index in [1.807, 2.05) is 6.21 Å². The molecule has 0 spiro atoms. The molecule has 0 aliphatic carbocycles. The Hall–Kier alpha value is -1.45. The van der Waals surface area contributed by atoms with Gasteiger partial charge in [0.05, 0.1) is 5.71 Å². The molecular formula is C16H30N4. The summed E-state index contributed by atoms with van der Waals surface area (Å²) in [4.78, 5) is 0. The van der Waals surface area contributed by atoms with Gasteiger partial charge in [-0.2, -0.15) is 15.3 Å². The van der Waals surface area contributed by atoms with Crippen LogP contribution in [-0.2, 0) is 0 Å². The van der Waals surface area contributed by atoms with Crippen molar-refractivity contribution in [2.75, 3.05) is 0 Å². The summed E-state index contributed by atoms with van der Waals surface area (Å²) in [7, 11) is 0. The smallest absolute Gasteiger partial charge is 0.0512 e. The second kappa shape index (κ2) is 6.82. The van der Waals surface area contributed by atoms with Crippen LogP contribution in [0.5, 0.6) is 0 Å². The zero-order chi connectivity index (χ0) is 14.7. The molecule has 0 amide bonds. The highest BCUT2D eigenvalue weighted by molar-refractivity contribution is 6.01. The number of allylic oxidation sites excluding steroid dienone is 1. The quantitative estimate of drug-likeness (QED) is 0.701. The minimum atomic E-state index is 0. The minimum Gasteiger partial charge on any atom is -0.283 e. The minimum absolute atomic E-state index is 0. The maximum atomic E-state index is 4.16. The van der Waals surface area contributed by atoms with Crippen LogP contribution in [0, 0.1) is 10.8 Å². The molecule has 0 saturated heterocycles. The third kappa shape index (κ3) is 5.68. The van der Waals surface area contributed by atoms with Crippen LogP contribution >= 0.6 is 0 Å². The Labute approximate surface area is 124 Å². The zero-order valence-corrected chi connectivity index (χ0v) is 13.0. The average molecular weight is 278 g/mol. The van der Waals surface area contributed by atoms with Crippen molar-refractivity contribution in [3.8, 4) is 0 Å². The van der Waals surface area contributed by atoms with Gasteiger partial charge in [-0.25, -0.2) is 0 Å². The molecule has 0 aromatic rings. The van der Waals surface area contributed by atoms with Gasteiger partial charge in [0.2, 0.25) is 0 Å². The van der Waals surface area contributed by atoms with E-state index in [0.717, 1.165) is 18.5 Å². The van der Waals surface area contributed by atoms with Gasteiger partial charge in [0.15, 0.2) is 0 Å². The van der Waals surface area contributed by atoms with Gasteiger partial charge >= 0.3 is 0 Å². The Kier molecular flexibility index (Phi) is 6.32. The van der Waals surface area contributed by atoms with Crippen molar-refractivity contribution in [1.82, 2.24) is 5.43 Å². The standard InChI is InChI=1S/C8H14N2.C7H12N2.CH4/c1-6-5-7(10-9-6)8(2,3)4;1-7(2,3)6-4-5-8-9-6;/h9H,1,5H2,2-4H3;5H,4H2,1-3H3;1H4. The topological polar surface area (TPSA) is 49.1 Å². The summed E-state index contributed by atoms with van der Waals surface area (Å²) in [5.74, 6) is 0. The Morgan fingerprint density at radius 1 is 1.05 bits per heavy atom. The highest BCUT2D eigenvalue weighted by Crippen LogP contribution is 2.23. The Balaban J connectivity index is 0.000000345. The Bertz CT molecular complexity index is 428. The first-order chi connectivity index (χ1) is 8.60. The first-order valence-electron chi connectivity index (χ1n) is 6.70. The van der Waals surface area contributed by atoms with Gasteiger partial charge in [-0.1, -0.05) is 55.5 Å². The van der Waals surface area contributed by atoms with Crippen molar-refractivity contribution in [3.63, 3.8) is 0 Å². The number of hydrazone groups is 1. The van der Waals surface area contributed by atoms with Crippen LogP contribution in [-0.4, -0.2) is 17.6 Å². The number of rotatable bonds is 0. The van der Waals surface area contributed by atoms with Gasteiger partial charge in [-0.3, -0.25) is 5.43 Å². The van der Waals surface area contributed by atoms with Gasteiger partial charge in [0.25, 0.3) is 0 Å². The molecule has 114 valence electrons. The van der Waals surface area contributed by atoms with Gasteiger partial charge in [-0.15, -0.1) is 0 Å². The van der Waals surface area contributed by atoms with Crippen molar-refractivity contribution in [2.45, 2.75) is 61.8 Å². The van der Waals surface area contributed by atoms with Gasteiger partial charge < -0.3 is 0 Å². The fourth-order valence-corrected chi connectivity index (χ4v) is 1.60. The average Bonchev–Trinajstić information content (AvgIpc) is 2.84. The lowest BCUT2D eigenvalue weighted by atomic mass is 9.88. The van der Waals surface area contributed by atoms with Crippen LogP contribution in [0.3, 0.4) is 0 Å². The normalized spacial score (nSPS) is 17.6. The fourth-order valence-electron chi connectivity index (χ4n) is 1.60. The van der Waals surface area contributed by atoms with Gasteiger partial charge in [0, 0.05) is 41.3 Å². The molecule has 1 N–H and O–H groups in total.